The Morgan fingerprint density at radius 1 is 1.30 bits per heavy atom. The first-order valence-corrected chi connectivity index (χ1v) is 7.74. The van der Waals surface area contributed by atoms with Crippen LogP contribution >= 0.6 is 0 Å². The number of halogens is 1. The van der Waals surface area contributed by atoms with Gasteiger partial charge in [0, 0.05) is 36.9 Å². The molecule has 1 heterocycles. The number of hydrogen-bond acceptors (Lipinski definition) is 2. The van der Waals surface area contributed by atoms with E-state index in [0.717, 1.165) is 30.3 Å². The van der Waals surface area contributed by atoms with E-state index in [2.05, 4.69) is 44.0 Å². The lowest BCUT2D eigenvalue weighted by Crippen LogP contribution is -2.27. The van der Waals surface area contributed by atoms with Crippen molar-refractivity contribution in [1.29, 1.82) is 0 Å². The van der Waals surface area contributed by atoms with E-state index in [4.69, 9.17) is 0 Å². The fourth-order valence-electron chi connectivity index (χ4n) is 2.87. The standard InChI is InChI=1S/C17H27FN2/c1-12(2)14-8-9-20(11-14)17-7-5-6-16(18)15(17)10-19-13(3)4/h5-7,12-14,19H,8-11H2,1-4H3. The number of benzene rings is 1. The van der Waals surface area contributed by atoms with Crippen LogP contribution in [0.1, 0.15) is 39.7 Å². The summed E-state index contributed by atoms with van der Waals surface area (Å²) in [5.74, 6) is 1.33. The summed E-state index contributed by atoms with van der Waals surface area (Å²) in [4.78, 5) is 2.35. The Morgan fingerprint density at radius 2 is 2.05 bits per heavy atom. The molecular formula is C17H27FN2. The number of nitrogens with zero attached hydrogens (tertiary/aromatic N) is 1. The van der Waals surface area contributed by atoms with Crippen molar-refractivity contribution >= 4 is 5.69 Å². The van der Waals surface area contributed by atoms with Crippen molar-refractivity contribution < 1.29 is 4.39 Å². The van der Waals surface area contributed by atoms with Gasteiger partial charge in [0.1, 0.15) is 5.82 Å². The Labute approximate surface area is 122 Å². The summed E-state index contributed by atoms with van der Waals surface area (Å²) in [6.07, 6.45) is 1.21. The second-order valence-corrected chi connectivity index (χ2v) is 6.51. The molecule has 1 aliphatic heterocycles. The molecule has 0 spiro atoms. The summed E-state index contributed by atoms with van der Waals surface area (Å²) in [5.41, 5.74) is 1.88. The lowest BCUT2D eigenvalue weighted by Gasteiger charge is -2.24. The number of hydrogen-bond donors (Lipinski definition) is 1. The van der Waals surface area contributed by atoms with Crippen LogP contribution in [0.3, 0.4) is 0 Å². The molecule has 1 fully saturated rings. The molecule has 20 heavy (non-hydrogen) atoms. The number of anilines is 1. The van der Waals surface area contributed by atoms with Crippen LogP contribution in [-0.4, -0.2) is 19.1 Å². The highest BCUT2D eigenvalue weighted by molar-refractivity contribution is 5.55. The summed E-state index contributed by atoms with van der Waals surface area (Å²) in [7, 11) is 0. The van der Waals surface area contributed by atoms with Crippen LogP contribution in [0, 0.1) is 17.7 Å². The minimum Gasteiger partial charge on any atom is -0.371 e. The quantitative estimate of drug-likeness (QED) is 0.881. The average Bonchev–Trinajstić information content (AvgIpc) is 2.86. The molecule has 0 bridgehead atoms. The molecule has 0 amide bonds. The van der Waals surface area contributed by atoms with E-state index in [0.29, 0.717) is 18.5 Å². The maximum atomic E-state index is 14.1. The Balaban J connectivity index is 2.17. The van der Waals surface area contributed by atoms with Crippen LogP contribution < -0.4 is 10.2 Å². The van der Waals surface area contributed by atoms with E-state index in [-0.39, 0.29) is 5.82 Å². The highest BCUT2D eigenvalue weighted by Gasteiger charge is 2.26. The molecule has 2 nitrogen and oxygen atoms in total. The van der Waals surface area contributed by atoms with Crippen molar-refractivity contribution in [3.63, 3.8) is 0 Å². The maximum absolute atomic E-state index is 14.1. The van der Waals surface area contributed by atoms with Gasteiger partial charge in [0.2, 0.25) is 0 Å². The minimum atomic E-state index is -0.0938. The molecule has 1 aromatic rings. The van der Waals surface area contributed by atoms with Crippen molar-refractivity contribution in [2.75, 3.05) is 18.0 Å². The average molecular weight is 278 g/mol. The highest BCUT2D eigenvalue weighted by Crippen LogP contribution is 2.31. The Bertz CT molecular complexity index is 443. The zero-order valence-electron chi connectivity index (χ0n) is 13.1. The first kappa shape index (κ1) is 15.3. The fraction of sp³-hybridized carbons (Fsp3) is 0.647. The molecular weight excluding hydrogens is 251 g/mol. The van der Waals surface area contributed by atoms with Crippen LogP contribution in [0.4, 0.5) is 10.1 Å². The zero-order valence-corrected chi connectivity index (χ0v) is 13.1. The van der Waals surface area contributed by atoms with Crippen LogP contribution in [0.5, 0.6) is 0 Å². The minimum absolute atomic E-state index is 0.0938. The molecule has 112 valence electrons. The fourth-order valence-corrected chi connectivity index (χ4v) is 2.87. The molecule has 0 radical (unpaired) electrons. The third-order valence-corrected chi connectivity index (χ3v) is 4.29. The van der Waals surface area contributed by atoms with Crippen LogP contribution in [0.2, 0.25) is 0 Å². The predicted molar refractivity (Wildman–Crippen MR) is 83.5 cm³/mol. The first-order valence-electron chi connectivity index (χ1n) is 7.74. The third-order valence-electron chi connectivity index (χ3n) is 4.29. The van der Waals surface area contributed by atoms with Crippen LogP contribution in [0.15, 0.2) is 18.2 Å². The van der Waals surface area contributed by atoms with Gasteiger partial charge in [-0.3, -0.25) is 0 Å². The van der Waals surface area contributed by atoms with Crippen molar-refractivity contribution in [1.82, 2.24) is 5.32 Å². The molecule has 0 aromatic heterocycles. The largest absolute Gasteiger partial charge is 0.371 e. The van der Waals surface area contributed by atoms with E-state index in [9.17, 15) is 4.39 Å². The van der Waals surface area contributed by atoms with Crippen molar-refractivity contribution in [3.05, 3.63) is 29.6 Å². The van der Waals surface area contributed by atoms with Crippen molar-refractivity contribution in [2.24, 2.45) is 11.8 Å². The summed E-state index contributed by atoms with van der Waals surface area (Å²) < 4.78 is 14.1. The van der Waals surface area contributed by atoms with E-state index >= 15 is 0 Å². The van der Waals surface area contributed by atoms with Gasteiger partial charge >= 0.3 is 0 Å². The lowest BCUT2D eigenvalue weighted by atomic mass is 9.95. The third kappa shape index (κ3) is 3.51. The normalized spacial score (nSPS) is 19.4. The molecule has 1 saturated heterocycles. The second-order valence-electron chi connectivity index (χ2n) is 6.51. The Morgan fingerprint density at radius 3 is 2.65 bits per heavy atom. The SMILES string of the molecule is CC(C)NCc1c(F)cccc1N1CCC(C(C)C)C1. The summed E-state index contributed by atoms with van der Waals surface area (Å²) in [5, 5.41) is 3.33. The summed E-state index contributed by atoms with van der Waals surface area (Å²) >= 11 is 0. The molecule has 1 aromatic carbocycles. The first-order chi connectivity index (χ1) is 9.49. The maximum Gasteiger partial charge on any atom is 0.129 e. The van der Waals surface area contributed by atoms with E-state index in [1.807, 2.05) is 6.07 Å². The topological polar surface area (TPSA) is 15.3 Å². The summed E-state index contributed by atoms with van der Waals surface area (Å²) in [6.45, 7) is 11.4. The van der Waals surface area contributed by atoms with Crippen LogP contribution in [-0.2, 0) is 6.54 Å². The number of rotatable bonds is 5. The highest BCUT2D eigenvalue weighted by atomic mass is 19.1. The van der Waals surface area contributed by atoms with Gasteiger partial charge in [-0.25, -0.2) is 4.39 Å². The van der Waals surface area contributed by atoms with Gasteiger partial charge < -0.3 is 10.2 Å². The molecule has 0 aliphatic carbocycles. The Hall–Kier alpha value is -1.09. The number of nitrogens with one attached hydrogen (secondary N) is 1. The van der Waals surface area contributed by atoms with Gasteiger partial charge in [-0.2, -0.15) is 0 Å². The lowest BCUT2D eigenvalue weighted by molar-refractivity contribution is 0.422. The molecule has 1 aliphatic rings. The van der Waals surface area contributed by atoms with E-state index < -0.39 is 0 Å². The van der Waals surface area contributed by atoms with E-state index in [1.54, 1.807) is 6.07 Å². The summed E-state index contributed by atoms with van der Waals surface area (Å²) in [6, 6.07) is 5.82. The van der Waals surface area contributed by atoms with E-state index in [1.165, 1.54) is 6.42 Å². The van der Waals surface area contributed by atoms with Gasteiger partial charge in [0.25, 0.3) is 0 Å². The van der Waals surface area contributed by atoms with Crippen molar-refractivity contribution in [3.8, 4) is 0 Å². The molecule has 2 rings (SSSR count). The van der Waals surface area contributed by atoms with Crippen molar-refractivity contribution in [2.45, 2.75) is 46.7 Å². The predicted octanol–water partition coefficient (Wildman–Crippen LogP) is 3.81. The second kappa shape index (κ2) is 6.57. The monoisotopic (exact) mass is 278 g/mol. The van der Waals surface area contributed by atoms with Gasteiger partial charge in [0.05, 0.1) is 0 Å². The van der Waals surface area contributed by atoms with Crippen LogP contribution in [0.25, 0.3) is 0 Å². The zero-order chi connectivity index (χ0) is 14.7. The molecule has 1 N–H and O–H groups in total. The molecule has 3 heteroatoms. The van der Waals surface area contributed by atoms with Gasteiger partial charge in [-0.05, 0) is 30.4 Å². The molecule has 1 atom stereocenters. The smallest absolute Gasteiger partial charge is 0.129 e. The van der Waals surface area contributed by atoms with Gasteiger partial charge in [-0.15, -0.1) is 0 Å². The molecule has 0 saturated carbocycles. The Kier molecular flexibility index (Phi) is 5.03. The van der Waals surface area contributed by atoms with Gasteiger partial charge in [0.15, 0.2) is 0 Å². The van der Waals surface area contributed by atoms with Gasteiger partial charge in [-0.1, -0.05) is 33.8 Å². The molecule has 1 unspecified atom stereocenters.